The van der Waals surface area contributed by atoms with Crippen molar-refractivity contribution < 1.29 is 4.79 Å². The Morgan fingerprint density at radius 1 is 1.41 bits per heavy atom. The number of carbonyl (C=O) groups is 1. The second kappa shape index (κ2) is 8.80. The molecule has 1 aliphatic rings. The highest BCUT2D eigenvalue weighted by atomic mass is 35.5. The van der Waals surface area contributed by atoms with Crippen molar-refractivity contribution in [3.63, 3.8) is 0 Å². The van der Waals surface area contributed by atoms with Gasteiger partial charge in [0.15, 0.2) is 6.29 Å². The standard InChI is InChI=1S/C12H13N3OS.C8H10ClN/c1-15-3-2-9-7(5-15)4-8-11(13)10(6-16)17-12(8)14-9;1-10-6-7-4-2-3-5-8(7)9/h4,6H,2-3,5,13H2,1H3;2-5,10H,6H2,1H3. The maximum atomic E-state index is 10.9. The average molecular weight is 403 g/mol. The van der Waals surface area contributed by atoms with Crippen molar-refractivity contribution in [3.05, 3.63) is 57.1 Å². The van der Waals surface area contributed by atoms with Crippen molar-refractivity contribution >= 4 is 45.1 Å². The van der Waals surface area contributed by atoms with E-state index in [-0.39, 0.29) is 0 Å². The van der Waals surface area contributed by atoms with E-state index >= 15 is 0 Å². The average Bonchev–Trinajstić information content (AvgIpc) is 2.98. The van der Waals surface area contributed by atoms with Crippen LogP contribution in [0.4, 0.5) is 5.69 Å². The normalized spacial score (nSPS) is 13.7. The summed E-state index contributed by atoms with van der Waals surface area (Å²) in [4.78, 5) is 19.2. The van der Waals surface area contributed by atoms with Crippen molar-refractivity contribution in [2.45, 2.75) is 19.5 Å². The van der Waals surface area contributed by atoms with Crippen LogP contribution in [0, 0.1) is 0 Å². The minimum Gasteiger partial charge on any atom is -0.397 e. The number of thiophene rings is 1. The molecule has 0 atom stereocenters. The number of fused-ring (bicyclic) bond motifs is 2. The summed E-state index contributed by atoms with van der Waals surface area (Å²) in [6, 6.07) is 9.92. The highest BCUT2D eigenvalue weighted by Crippen LogP contribution is 2.33. The number of pyridine rings is 1. The largest absolute Gasteiger partial charge is 0.397 e. The van der Waals surface area contributed by atoms with Crippen LogP contribution in [0.3, 0.4) is 0 Å². The molecule has 0 spiro atoms. The smallest absolute Gasteiger partial charge is 0.162 e. The van der Waals surface area contributed by atoms with Gasteiger partial charge in [-0.1, -0.05) is 29.8 Å². The highest BCUT2D eigenvalue weighted by Gasteiger charge is 2.18. The molecule has 0 fully saturated rings. The molecular weight excluding hydrogens is 380 g/mol. The fourth-order valence-electron chi connectivity index (χ4n) is 3.08. The molecule has 142 valence electrons. The Morgan fingerprint density at radius 2 is 2.19 bits per heavy atom. The maximum absolute atomic E-state index is 10.9. The maximum Gasteiger partial charge on any atom is 0.162 e. The lowest BCUT2D eigenvalue weighted by atomic mass is 10.0. The van der Waals surface area contributed by atoms with Crippen LogP contribution in [0.15, 0.2) is 30.3 Å². The van der Waals surface area contributed by atoms with Gasteiger partial charge in [0.1, 0.15) is 4.83 Å². The summed E-state index contributed by atoms with van der Waals surface area (Å²) in [7, 11) is 4.00. The molecule has 0 amide bonds. The van der Waals surface area contributed by atoms with E-state index in [2.05, 4.69) is 28.3 Å². The Labute approximate surface area is 168 Å². The van der Waals surface area contributed by atoms with Gasteiger partial charge in [-0.25, -0.2) is 4.98 Å². The summed E-state index contributed by atoms with van der Waals surface area (Å²) in [5, 5.41) is 4.79. The quantitative estimate of drug-likeness (QED) is 0.653. The molecular formula is C20H23ClN4OS. The predicted octanol–water partition coefficient (Wildman–Crippen LogP) is 3.74. The number of nitrogens with zero attached hydrogens (tertiary/aromatic N) is 2. The molecule has 27 heavy (non-hydrogen) atoms. The van der Waals surface area contributed by atoms with Crippen LogP contribution in [0.2, 0.25) is 5.02 Å². The number of likely N-dealkylation sites (N-methyl/N-ethyl adjacent to an activating group) is 1. The molecule has 0 saturated carbocycles. The number of benzene rings is 1. The van der Waals surface area contributed by atoms with Crippen LogP contribution < -0.4 is 11.1 Å². The van der Waals surface area contributed by atoms with Crippen LogP contribution in [-0.2, 0) is 19.5 Å². The summed E-state index contributed by atoms with van der Waals surface area (Å²) in [6.45, 7) is 2.77. The van der Waals surface area contributed by atoms with Gasteiger partial charge in [-0.05, 0) is 37.4 Å². The third kappa shape index (κ3) is 4.47. The topological polar surface area (TPSA) is 71.2 Å². The van der Waals surface area contributed by atoms with E-state index in [0.717, 1.165) is 58.8 Å². The first kappa shape index (κ1) is 19.8. The molecule has 0 saturated heterocycles. The van der Waals surface area contributed by atoms with Gasteiger partial charge in [-0.2, -0.15) is 0 Å². The van der Waals surface area contributed by atoms with Gasteiger partial charge >= 0.3 is 0 Å². The zero-order chi connectivity index (χ0) is 19.4. The molecule has 7 heteroatoms. The SMILES string of the molecule is CN1CCc2nc3sc(C=O)c(N)c3cc2C1.CNCc1ccccc1Cl. The van der Waals surface area contributed by atoms with Crippen LogP contribution >= 0.6 is 22.9 Å². The van der Waals surface area contributed by atoms with Crippen LogP contribution in [0.5, 0.6) is 0 Å². The summed E-state index contributed by atoms with van der Waals surface area (Å²) >= 11 is 7.24. The summed E-state index contributed by atoms with van der Waals surface area (Å²) in [5.41, 5.74) is 10.0. The number of anilines is 1. The highest BCUT2D eigenvalue weighted by molar-refractivity contribution is 7.20. The molecule has 1 aliphatic heterocycles. The lowest BCUT2D eigenvalue weighted by molar-refractivity contribution is 0.112. The minimum absolute atomic E-state index is 0.573. The van der Waals surface area contributed by atoms with Crippen LogP contribution in [-0.4, -0.2) is 36.8 Å². The lowest BCUT2D eigenvalue weighted by Crippen LogP contribution is -2.27. The Morgan fingerprint density at radius 3 is 2.89 bits per heavy atom. The molecule has 3 heterocycles. The van der Waals surface area contributed by atoms with Crippen molar-refractivity contribution in [1.82, 2.24) is 15.2 Å². The molecule has 0 aliphatic carbocycles. The summed E-state index contributed by atoms with van der Waals surface area (Å²) in [5.74, 6) is 0. The van der Waals surface area contributed by atoms with Gasteiger partial charge in [0.25, 0.3) is 0 Å². The fourth-order valence-corrected chi connectivity index (χ4v) is 4.19. The molecule has 3 N–H and O–H groups in total. The molecule has 2 aromatic heterocycles. The van der Waals surface area contributed by atoms with Crippen molar-refractivity contribution in [3.8, 4) is 0 Å². The number of nitrogen functional groups attached to an aromatic ring is 1. The first-order chi connectivity index (χ1) is 13.0. The van der Waals surface area contributed by atoms with Gasteiger partial charge < -0.3 is 16.0 Å². The third-order valence-corrected chi connectivity index (χ3v) is 5.93. The molecule has 3 aromatic rings. The minimum atomic E-state index is 0.573. The summed E-state index contributed by atoms with van der Waals surface area (Å²) in [6.07, 6.45) is 1.78. The van der Waals surface area contributed by atoms with Crippen LogP contribution in [0.1, 0.15) is 26.5 Å². The van der Waals surface area contributed by atoms with Gasteiger partial charge in [0, 0.05) is 42.2 Å². The number of nitrogens with two attached hydrogens (primary N) is 1. The van der Waals surface area contributed by atoms with E-state index in [1.54, 1.807) is 0 Å². The second-order valence-corrected chi connectivity index (χ2v) is 7.99. The first-order valence-electron chi connectivity index (χ1n) is 8.76. The second-order valence-electron chi connectivity index (χ2n) is 6.55. The van der Waals surface area contributed by atoms with E-state index in [9.17, 15) is 4.79 Å². The van der Waals surface area contributed by atoms with Crippen molar-refractivity contribution in [2.24, 2.45) is 0 Å². The monoisotopic (exact) mass is 402 g/mol. The molecule has 0 radical (unpaired) electrons. The molecule has 0 bridgehead atoms. The number of hydrogen-bond acceptors (Lipinski definition) is 6. The van der Waals surface area contributed by atoms with Gasteiger partial charge in [0.2, 0.25) is 0 Å². The van der Waals surface area contributed by atoms with E-state index in [0.29, 0.717) is 10.6 Å². The fraction of sp³-hybridized carbons (Fsp3) is 0.300. The zero-order valence-corrected chi connectivity index (χ0v) is 17.0. The van der Waals surface area contributed by atoms with Crippen LogP contribution in [0.25, 0.3) is 10.2 Å². The van der Waals surface area contributed by atoms with E-state index in [1.165, 1.54) is 16.9 Å². The van der Waals surface area contributed by atoms with Gasteiger partial charge in [-0.15, -0.1) is 11.3 Å². The molecule has 1 aromatic carbocycles. The number of hydrogen-bond donors (Lipinski definition) is 2. The number of rotatable bonds is 3. The van der Waals surface area contributed by atoms with E-state index in [1.807, 2.05) is 31.3 Å². The van der Waals surface area contributed by atoms with E-state index < -0.39 is 0 Å². The third-order valence-electron chi connectivity index (χ3n) is 4.52. The lowest BCUT2D eigenvalue weighted by Gasteiger charge is -2.24. The molecule has 5 nitrogen and oxygen atoms in total. The molecule has 0 unspecified atom stereocenters. The number of aldehydes is 1. The number of nitrogens with one attached hydrogen (secondary N) is 1. The van der Waals surface area contributed by atoms with Crippen molar-refractivity contribution in [2.75, 3.05) is 26.4 Å². The zero-order valence-electron chi connectivity index (χ0n) is 15.5. The van der Waals surface area contributed by atoms with Gasteiger partial charge in [-0.3, -0.25) is 4.79 Å². The summed E-state index contributed by atoms with van der Waals surface area (Å²) < 4.78 is 0. The van der Waals surface area contributed by atoms with Crippen molar-refractivity contribution in [1.29, 1.82) is 0 Å². The number of halogens is 1. The van der Waals surface area contributed by atoms with E-state index in [4.69, 9.17) is 17.3 Å². The number of aromatic nitrogens is 1. The van der Waals surface area contributed by atoms with Gasteiger partial charge in [0.05, 0.1) is 10.6 Å². The Hall–Kier alpha value is -1.99. The molecule has 4 rings (SSSR count). The number of carbonyl (C=O) groups excluding carboxylic acids is 1. The first-order valence-corrected chi connectivity index (χ1v) is 9.95. The Bertz CT molecular complexity index is 957. The Balaban J connectivity index is 0.000000180. The predicted molar refractivity (Wildman–Crippen MR) is 114 cm³/mol. The Kier molecular flexibility index (Phi) is 6.44.